The molecule has 17 heteroatoms. The first-order valence-corrected chi connectivity index (χ1v) is 27.0. The number of aliphatic hydroxyl groups is 3. The minimum absolute atomic E-state index is 0.116. The first-order chi connectivity index (χ1) is 30.6. The van der Waals surface area contributed by atoms with E-state index in [1.165, 1.54) is 77.0 Å². The van der Waals surface area contributed by atoms with Crippen molar-refractivity contribution in [3.8, 4) is 0 Å². The van der Waals surface area contributed by atoms with Crippen LogP contribution in [0.4, 0.5) is 0 Å². The monoisotopic (exact) mass is 953 g/mol. The maximum atomic E-state index is 12.7. The number of hydrogen-bond acceptors (Lipinski definition) is 12. The lowest BCUT2D eigenvalue weighted by molar-refractivity contribution is -0.161. The Morgan fingerprint density at radius 3 is 1.55 bits per heavy atom. The van der Waals surface area contributed by atoms with Gasteiger partial charge >= 0.3 is 27.6 Å². The number of ether oxygens (including phenoxy) is 2. The fourth-order valence-electron chi connectivity index (χ4n) is 6.36. The van der Waals surface area contributed by atoms with Crippen LogP contribution in [0.25, 0.3) is 0 Å². The number of hydrogen-bond donors (Lipinski definition) is 6. The zero-order valence-corrected chi connectivity index (χ0v) is 41.1. The average Bonchev–Trinajstić information content (AvgIpc) is 3.24. The Morgan fingerprint density at radius 2 is 1.02 bits per heavy atom. The van der Waals surface area contributed by atoms with E-state index in [2.05, 4.69) is 29.8 Å². The zero-order valence-electron chi connectivity index (χ0n) is 39.3. The van der Waals surface area contributed by atoms with Crippen molar-refractivity contribution in [2.75, 3.05) is 26.4 Å². The van der Waals surface area contributed by atoms with Gasteiger partial charge in [0.25, 0.3) is 0 Å². The summed E-state index contributed by atoms with van der Waals surface area (Å²) >= 11 is 0. The quantitative estimate of drug-likeness (QED) is 0.0144. The summed E-state index contributed by atoms with van der Waals surface area (Å²) in [4.78, 5) is 52.8. The minimum atomic E-state index is -4.89. The van der Waals surface area contributed by atoms with Crippen molar-refractivity contribution in [1.82, 2.24) is 0 Å². The Labute approximate surface area is 385 Å². The van der Waals surface area contributed by atoms with Crippen LogP contribution in [0.15, 0.2) is 48.6 Å². The predicted octanol–water partition coefficient (Wildman–Crippen LogP) is 10.4. The van der Waals surface area contributed by atoms with Gasteiger partial charge in [-0.05, 0) is 38.0 Å². The highest BCUT2D eigenvalue weighted by Gasteiger charge is 2.28. The Morgan fingerprint density at radius 1 is 0.547 bits per heavy atom. The molecule has 15 nitrogen and oxygen atoms in total. The average molecular weight is 953 g/mol. The highest BCUT2D eigenvalue weighted by Crippen LogP contribution is 2.44. The number of phosphoric ester groups is 2. The molecule has 0 spiro atoms. The summed E-state index contributed by atoms with van der Waals surface area (Å²) in [5.41, 5.74) is 0. The van der Waals surface area contributed by atoms with Gasteiger partial charge in [-0.2, -0.15) is 0 Å². The summed E-state index contributed by atoms with van der Waals surface area (Å²) in [6, 6.07) is 0. The third-order valence-corrected chi connectivity index (χ3v) is 11.9. The van der Waals surface area contributed by atoms with E-state index in [-0.39, 0.29) is 25.7 Å². The molecule has 0 aromatic rings. The molecule has 0 aliphatic heterocycles. The zero-order chi connectivity index (χ0) is 47.7. The summed E-state index contributed by atoms with van der Waals surface area (Å²) in [5, 5.41) is 30.0. The number of carbonyl (C=O) groups is 2. The molecule has 0 heterocycles. The first kappa shape index (κ1) is 62.0. The SMILES string of the molecule is CCCCC[C@@H](O)/C=C/C=C\C/C=C\C=C\[C@@H](O)CCCC(=O)O[C@H](COC(=O)CCCCCCCCCCCCCCCCC(C)CC)COP(=O)(O)OC[C@@H](O)COP(=O)(O)O. The van der Waals surface area contributed by atoms with Crippen LogP contribution >= 0.6 is 15.6 Å². The van der Waals surface area contributed by atoms with Crippen LogP contribution < -0.4 is 0 Å². The van der Waals surface area contributed by atoms with Crippen LogP contribution in [-0.4, -0.2) is 92.8 Å². The van der Waals surface area contributed by atoms with E-state index in [1.54, 1.807) is 24.3 Å². The number of carbonyl (C=O) groups excluding carboxylic acids is 2. The van der Waals surface area contributed by atoms with Gasteiger partial charge in [0.1, 0.15) is 12.7 Å². The van der Waals surface area contributed by atoms with Gasteiger partial charge in [-0.15, -0.1) is 0 Å². The van der Waals surface area contributed by atoms with Crippen molar-refractivity contribution in [1.29, 1.82) is 0 Å². The molecule has 374 valence electrons. The second-order valence-electron chi connectivity index (χ2n) is 16.7. The normalized spacial score (nSPS) is 15.8. The second-order valence-corrected chi connectivity index (χ2v) is 19.4. The lowest BCUT2D eigenvalue weighted by atomic mass is 9.99. The molecule has 0 fully saturated rings. The van der Waals surface area contributed by atoms with Crippen LogP contribution in [0.3, 0.4) is 0 Å². The molecule has 0 aromatic carbocycles. The smallest absolute Gasteiger partial charge is 0.462 e. The highest BCUT2D eigenvalue weighted by atomic mass is 31.2. The van der Waals surface area contributed by atoms with Gasteiger partial charge < -0.3 is 39.5 Å². The van der Waals surface area contributed by atoms with Crippen LogP contribution in [0.1, 0.15) is 181 Å². The molecule has 0 aliphatic rings. The largest absolute Gasteiger partial charge is 0.472 e. The van der Waals surface area contributed by atoms with Gasteiger partial charge in [0.2, 0.25) is 0 Å². The van der Waals surface area contributed by atoms with Crippen molar-refractivity contribution in [3.05, 3.63) is 48.6 Å². The number of allylic oxidation sites excluding steroid dienone is 6. The Kier molecular flexibility index (Phi) is 39.9. The molecule has 6 atom stereocenters. The molecule has 0 aliphatic carbocycles. The summed E-state index contributed by atoms with van der Waals surface area (Å²) in [6.45, 7) is 3.78. The Balaban J connectivity index is 4.67. The second kappa shape index (κ2) is 41.2. The third-order valence-electron chi connectivity index (χ3n) is 10.5. The topological polar surface area (TPSA) is 236 Å². The summed E-state index contributed by atoms with van der Waals surface area (Å²) in [6.07, 6.45) is 34.5. The van der Waals surface area contributed by atoms with E-state index in [0.29, 0.717) is 12.8 Å². The van der Waals surface area contributed by atoms with E-state index in [4.69, 9.17) is 23.8 Å². The minimum Gasteiger partial charge on any atom is -0.462 e. The van der Waals surface area contributed by atoms with Gasteiger partial charge in [0.15, 0.2) is 6.10 Å². The van der Waals surface area contributed by atoms with E-state index in [9.17, 15) is 38.9 Å². The number of unbranched alkanes of at least 4 members (excludes halogenated alkanes) is 15. The lowest BCUT2D eigenvalue weighted by Gasteiger charge is -2.20. The van der Waals surface area contributed by atoms with Gasteiger partial charge in [-0.1, -0.05) is 185 Å². The van der Waals surface area contributed by atoms with Crippen LogP contribution in [0.2, 0.25) is 0 Å². The maximum Gasteiger partial charge on any atom is 0.472 e. The van der Waals surface area contributed by atoms with Crippen LogP contribution in [0.5, 0.6) is 0 Å². The molecule has 0 bridgehead atoms. The summed E-state index contributed by atoms with van der Waals surface area (Å²) < 4.78 is 47.7. The van der Waals surface area contributed by atoms with Crippen molar-refractivity contribution in [2.45, 2.75) is 206 Å². The van der Waals surface area contributed by atoms with Crippen molar-refractivity contribution >= 4 is 27.6 Å². The molecule has 6 N–H and O–H groups in total. The van der Waals surface area contributed by atoms with Crippen molar-refractivity contribution in [2.24, 2.45) is 5.92 Å². The Hall–Kier alpha value is -2.00. The fraction of sp³-hybridized carbons (Fsp3) is 0.787. The standard InChI is InChI=1S/C47H86O15P2/c1-4-6-24-31-42(48)32-26-21-17-15-18-22-27-33-43(49)34-29-36-47(52)62-45(40-61-64(56,57)60-38-44(50)37-59-63(53,54)55)39-58-46(51)35-28-23-19-14-12-10-8-7-9-11-13-16-20-25-30-41(3)5-2/h17-18,21-22,26-27,32-33,41-45,48-50H,4-16,19-20,23-25,28-31,34-40H2,1-3H3,(H,56,57)(H2,53,54,55)/b21-17-,22-18-,32-26+,33-27+/t41?,42-,43-,44+,45-/m1/s1. The molecule has 0 rings (SSSR count). The molecule has 0 radical (unpaired) electrons. The number of aliphatic hydroxyl groups excluding tert-OH is 3. The molecule has 0 aromatic heterocycles. The Bertz CT molecular complexity index is 1370. The van der Waals surface area contributed by atoms with E-state index < -0.39 is 78.4 Å². The first-order valence-electron chi connectivity index (χ1n) is 23.9. The van der Waals surface area contributed by atoms with Crippen molar-refractivity contribution in [3.63, 3.8) is 0 Å². The molecule has 0 saturated carbocycles. The van der Waals surface area contributed by atoms with Crippen LogP contribution in [-0.2, 0) is 41.8 Å². The fourth-order valence-corrected chi connectivity index (χ4v) is 7.52. The van der Waals surface area contributed by atoms with E-state index >= 15 is 0 Å². The number of rotatable bonds is 44. The molecule has 0 saturated heterocycles. The molecule has 2 unspecified atom stereocenters. The van der Waals surface area contributed by atoms with E-state index in [0.717, 1.165) is 50.9 Å². The lowest BCUT2D eigenvalue weighted by Crippen LogP contribution is -2.30. The van der Waals surface area contributed by atoms with Crippen LogP contribution in [0, 0.1) is 5.92 Å². The summed E-state index contributed by atoms with van der Waals surface area (Å²) in [7, 11) is -9.77. The molecular formula is C47H86O15P2. The van der Waals surface area contributed by atoms with Gasteiger partial charge in [0, 0.05) is 12.8 Å². The molecular weight excluding hydrogens is 866 g/mol. The van der Waals surface area contributed by atoms with Crippen molar-refractivity contribution < 1.29 is 71.8 Å². The highest BCUT2D eigenvalue weighted by molar-refractivity contribution is 7.47. The predicted molar refractivity (Wildman–Crippen MR) is 251 cm³/mol. The molecule has 0 amide bonds. The van der Waals surface area contributed by atoms with Gasteiger partial charge in [-0.25, -0.2) is 9.13 Å². The van der Waals surface area contributed by atoms with Gasteiger partial charge in [0.05, 0.1) is 32.0 Å². The molecule has 64 heavy (non-hydrogen) atoms. The number of esters is 2. The van der Waals surface area contributed by atoms with E-state index in [1.807, 2.05) is 24.3 Å². The third kappa shape index (κ3) is 43.9. The number of phosphoric acid groups is 2. The maximum absolute atomic E-state index is 12.7. The van der Waals surface area contributed by atoms with Gasteiger partial charge in [-0.3, -0.25) is 23.2 Å². The summed E-state index contributed by atoms with van der Waals surface area (Å²) in [5.74, 6) is -0.404.